The molecule has 0 unspecified atom stereocenters. The number of nitrogens with one attached hydrogen (secondary N) is 2. The average molecular weight is 362 g/mol. The van der Waals surface area contributed by atoms with E-state index in [1.165, 1.54) is 19.2 Å². The summed E-state index contributed by atoms with van der Waals surface area (Å²) in [6, 6.07) is 12.9. The summed E-state index contributed by atoms with van der Waals surface area (Å²) < 4.78 is 29.6. The Bertz CT molecular complexity index is 836. The zero-order valence-corrected chi connectivity index (χ0v) is 15.5. The third-order valence-electron chi connectivity index (χ3n) is 3.68. The lowest BCUT2D eigenvalue weighted by molar-refractivity contribution is 0.0945. The zero-order chi connectivity index (χ0) is 18.7. The summed E-state index contributed by atoms with van der Waals surface area (Å²) in [5.74, 6) is 0.0496. The number of sulfonamides is 1. The zero-order valence-electron chi connectivity index (χ0n) is 14.7. The Morgan fingerprint density at radius 3 is 2.00 bits per heavy atom. The maximum atomic E-state index is 12.3. The number of rotatable bonds is 5. The lowest BCUT2D eigenvalue weighted by atomic mass is 9.87. The number of hydrazine groups is 1. The summed E-state index contributed by atoms with van der Waals surface area (Å²) in [4.78, 5) is 14.2. The molecule has 25 heavy (non-hydrogen) atoms. The molecule has 0 aromatic heterocycles. The molecule has 0 atom stereocenters. The van der Waals surface area contributed by atoms with E-state index in [0.717, 1.165) is 5.56 Å². The largest absolute Gasteiger partial charge is 0.497 e. The predicted octanol–water partition coefficient (Wildman–Crippen LogP) is 2.62. The molecule has 0 radical (unpaired) electrons. The third-order valence-corrected chi connectivity index (χ3v) is 4.95. The molecule has 0 aliphatic rings. The minimum absolute atomic E-state index is 0.0711. The first kappa shape index (κ1) is 19.0. The molecule has 0 bridgehead atoms. The molecule has 0 heterocycles. The number of hydrogen-bond acceptors (Lipinski definition) is 4. The molecule has 134 valence electrons. The van der Waals surface area contributed by atoms with Gasteiger partial charge in [0.2, 0.25) is 0 Å². The highest BCUT2D eigenvalue weighted by Crippen LogP contribution is 2.23. The Labute approximate surface area is 148 Å². The van der Waals surface area contributed by atoms with Crippen molar-refractivity contribution in [3.05, 3.63) is 59.7 Å². The van der Waals surface area contributed by atoms with E-state index in [1.807, 2.05) is 20.8 Å². The molecule has 7 heteroatoms. The SMILES string of the molecule is COc1ccc(C(=O)NNS(=O)(=O)c2ccc(C(C)(C)C)cc2)cc1. The van der Waals surface area contributed by atoms with Crippen molar-refractivity contribution < 1.29 is 17.9 Å². The third kappa shape index (κ3) is 4.80. The molecule has 0 fully saturated rings. The lowest BCUT2D eigenvalue weighted by Crippen LogP contribution is -2.41. The van der Waals surface area contributed by atoms with E-state index in [9.17, 15) is 13.2 Å². The maximum Gasteiger partial charge on any atom is 0.266 e. The van der Waals surface area contributed by atoms with Crippen LogP contribution >= 0.6 is 0 Å². The average Bonchev–Trinajstić information content (AvgIpc) is 2.59. The Balaban J connectivity index is 2.06. The van der Waals surface area contributed by atoms with Crippen molar-refractivity contribution in [1.82, 2.24) is 10.3 Å². The predicted molar refractivity (Wildman–Crippen MR) is 95.9 cm³/mol. The Morgan fingerprint density at radius 2 is 1.52 bits per heavy atom. The van der Waals surface area contributed by atoms with E-state index in [1.54, 1.807) is 36.4 Å². The summed E-state index contributed by atoms with van der Waals surface area (Å²) in [6.45, 7) is 6.14. The summed E-state index contributed by atoms with van der Waals surface area (Å²) in [6.07, 6.45) is 0. The van der Waals surface area contributed by atoms with Gasteiger partial charge in [-0.25, -0.2) is 8.42 Å². The van der Waals surface area contributed by atoms with Gasteiger partial charge in [0, 0.05) is 5.56 Å². The molecule has 1 amide bonds. The number of amides is 1. The van der Waals surface area contributed by atoms with Crippen LogP contribution in [0.2, 0.25) is 0 Å². The van der Waals surface area contributed by atoms with Crippen molar-refractivity contribution in [1.29, 1.82) is 0 Å². The molecule has 0 aliphatic heterocycles. The van der Waals surface area contributed by atoms with E-state index < -0.39 is 15.9 Å². The van der Waals surface area contributed by atoms with Crippen molar-refractivity contribution in [2.45, 2.75) is 31.1 Å². The summed E-state index contributed by atoms with van der Waals surface area (Å²) in [5, 5.41) is 0. The molecular formula is C18H22N2O4S. The van der Waals surface area contributed by atoms with Crippen LogP contribution in [0.5, 0.6) is 5.75 Å². The van der Waals surface area contributed by atoms with Crippen molar-refractivity contribution in [2.24, 2.45) is 0 Å². The van der Waals surface area contributed by atoms with Gasteiger partial charge >= 0.3 is 0 Å². The topological polar surface area (TPSA) is 84.5 Å². The van der Waals surface area contributed by atoms with E-state index in [0.29, 0.717) is 11.3 Å². The number of carbonyl (C=O) groups is 1. The van der Waals surface area contributed by atoms with E-state index in [-0.39, 0.29) is 10.3 Å². The number of carbonyl (C=O) groups excluding carboxylic acids is 1. The molecule has 6 nitrogen and oxygen atoms in total. The number of ether oxygens (including phenoxy) is 1. The summed E-state index contributed by atoms with van der Waals surface area (Å²) in [7, 11) is -2.32. The van der Waals surface area contributed by atoms with Crippen LogP contribution in [0.4, 0.5) is 0 Å². The van der Waals surface area contributed by atoms with Gasteiger partial charge in [-0.05, 0) is 47.4 Å². The number of benzene rings is 2. The van der Waals surface area contributed by atoms with Gasteiger partial charge < -0.3 is 4.74 Å². The number of methoxy groups -OCH3 is 1. The normalized spacial score (nSPS) is 11.8. The second-order valence-electron chi connectivity index (χ2n) is 6.56. The smallest absolute Gasteiger partial charge is 0.266 e. The van der Waals surface area contributed by atoms with Gasteiger partial charge in [-0.3, -0.25) is 10.2 Å². The highest BCUT2D eigenvalue weighted by Gasteiger charge is 2.18. The van der Waals surface area contributed by atoms with Crippen molar-refractivity contribution >= 4 is 15.9 Å². The quantitative estimate of drug-likeness (QED) is 0.801. The molecule has 0 saturated carbocycles. The van der Waals surface area contributed by atoms with Crippen LogP contribution in [0, 0.1) is 0 Å². The van der Waals surface area contributed by atoms with Crippen LogP contribution in [0.25, 0.3) is 0 Å². The van der Waals surface area contributed by atoms with Gasteiger partial charge in [-0.15, -0.1) is 4.83 Å². The van der Waals surface area contributed by atoms with Gasteiger partial charge in [0.15, 0.2) is 0 Å². The van der Waals surface area contributed by atoms with Crippen LogP contribution in [0.3, 0.4) is 0 Å². The van der Waals surface area contributed by atoms with Gasteiger partial charge in [-0.2, -0.15) is 0 Å². The first-order valence-corrected chi connectivity index (χ1v) is 9.18. The first-order chi connectivity index (χ1) is 11.6. The minimum atomic E-state index is -3.85. The Hall–Kier alpha value is -2.38. The fraction of sp³-hybridized carbons (Fsp3) is 0.278. The van der Waals surface area contributed by atoms with Gasteiger partial charge in [0.05, 0.1) is 12.0 Å². The standard InChI is InChI=1S/C18H22N2O4S/c1-18(2,3)14-7-11-16(12-8-14)25(22,23)20-19-17(21)13-5-9-15(24-4)10-6-13/h5-12,20H,1-4H3,(H,19,21). The van der Waals surface area contributed by atoms with Crippen LogP contribution in [-0.4, -0.2) is 21.4 Å². The summed E-state index contributed by atoms with van der Waals surface area (Å²) in [5.41, 5.74) is 3.46. The first-order valence-electron chi connectivity index (χ1n) is 7.70. The molecule has 2 aromatic carbocycles. The van der Waals surface area contributed by atoms with Gasteiger partial charge in [-0.1, -0.05) is 32.9 Å². The molecule has 2 N–H and O–H groups in total. The Kier molecular flexibility index (Phi) is 5.49. The highest BCUT2D eigenvalue weighted by molar-refractivity contribution is 7.89. The second-order valence-corrected chi connectivity index (χ2v) is 8.24. The molecule has 0 saturated heterocycles. The maximum absolute atomic E-state index is 12.3. The fourth-order valence-electron chi connectivity index (χ4n) is 2.12. The second kappa shape index (κ2) is 7.25. The van der Waals surface area contributed by atoms with Crippen molar-refractivity contribution in [3.63, 3.8) is 0 Å². The van der Waals surface area contributed by atoms with Gasteiger partial charge in [0.25, 0.3) is 15.9 Å². The molecule has 0 aliphatic carbocycles. The van der Waals surface area contributed by atoms with Crippen LogP contribution in [-0.2, 0) is 15.4 Å². The minimum Gasteiger partial charge on any atom is -0.497 e. The van der Waals surface area contributed by atoms with Crippen molar-refractivity contribution in [3.8, 4) is 5.75 Å². The Morgan fingerprint density at radius 1 is 0.960 bits per heavy atom. The molecular weight excluding hydrogens is 340 g/mol. The van der Waals surface area contributed by atoms with Crippen LogP contribution < -0.4 is 15.0 Å². The van der Waals surface area contributed by atoms with Crippen LogP contribution in [0.1, 0.15) is 36.7 Å². The van der Waals surface area contributed by atoms with E-state index in [2.05, 4.69) is 10.3 Å². The van der Waals surface area contributed by atoms with E-state index >= 15 is 0 Å². The van der Waals surface area contributed by atoms with Gasteiger partial charge in [0.1, 0.15) is 5.75 Å². The lowest BCUT2D eigenvalue weighted by Gasteiger charge is -2.19. The van der Waals surface area contributed by atoms with Crippen LogP contribution in [0.15, 0.2) is 53.4 Å². The number of hydrogen-bond donors (Lipinski definition) is 2. The van der Waals surface area contributed by atoms with E-state index in [4.69, 9.17) is 4.74 Å². The summed E-state index contributed by atoms with van der Waals surface area (Å²) >= 11 is 0. The molecule has 2 rings (SSSR count). The van der Waals surface area contributed by atoms with Crippen molar-refractivity contribution in [2.75, 3.05) is 7.11 Å². The molecule has 0 spiro atoms. The fourth-order valence-corrected chi connectivity index (χ4v) is 2.96. The molecule has 2 aromatic rings. The monoisotopic (exact) mass is 362 g/mol. The highest BCUT2D eigenvalue weighted by atomic mass is 32.2.